The van der Waals surface area contributed by atoms with Gasteiger partial charge in [-0.3, -0.25) is 0 Å². The maximum atomic E-state index is 13.6. The van der Waals surface area contributed by atoms with E-state index in [4.69, 9.17) is 4.74 Å². The van der Waals surface area contributed by atoms with Gasteiger partial charge in [0.25, 0.3) is 0 Å². The Morgan fingerprint density at radius 3 is 2.59 bits per heavy atom. The van der Waals surface area contributed by atoms with Crippen molar-refractivity contribution in [2.45, 2.75) is 37.0 Å². The Morgan fingerprint density at radius 1 is 1.11 bits per heavy atom. The molecule has 2 aliphatic heterocycles. The van der Waals surface area contributed by atoms with Crippen molar-refractivity contribution in [3.8, 4) is 0 Å². The summed E-state index contributed by atoms with van der Waals surface area (Å²) in [7, 11) is -3.27. The fraction of sp³-hybridized carbons (Fsp3) is 0.556. The maximum Gasteiger partial charge on any atom is 0.217 e. The summed E-state index contributed by atoms with van der Waals surface area (Å²) in [6, 6.07) is 4.51. The van der Waals surface area contributed by atoms with Gasteiger partial charge in [0, 0.05) is 37.7 Å². The first kappa shape index (κ1) is 18.5. The smallest absolute Gasteiger partial charge is 0.217 e. The Labute approximate surface area is 158 Å². The minimum atomic E-state index is -3.27. The molecule has 1 aromatic carbocycles. The molecule has 2 aromatic rings. The summed E-state index contributed by atoms with van der Waals surface area (Å²) in [5.74, 6) is 0.253. The normalized spacial score (nSPS) is 20.8. The summed E-state index contributed by atoms with van der Waals surface area (Å²) in [6.07, 6.45) is 3.96. The van der Waals surface area contributed by atoms with Crippen LogP contribution in [0, 0.1) is 5.82 Å². The molecule has 0 unspecified atom stereocenters. The average Bonchev–Trinajstić information content (AvgIpc) is 2.69. The highest BCUT2D eigenvalue weighted by molar-refractivity contribution is 7.89. The summed E-state index contributed by atoms with van der Waals surface area (Å²) in [6.45, 7) is 1.99. The second kappa shape index (κ2) is 7.65. The number of aromatic nitrogens is 2. The molecule has 2 aliphatic rings. The van der Waals surface area contributed by atoms with Crippen LogP contribution in [0.2, 0.25) is 0 Å². The first-order chi connectivity index (χ1) is 13.0. The highest BCUT2D eigenvalue weighted by atomic mass is 32.2. The van der Waals surface area contributed by atoms with Gasteiger partial charge >= 0.3 is 0 Å². The van der Waals surface area contributed by atoms with Crippen LogP contribution in [0.4, 0.5) is 10.2 Å². The zero-order chi connectivity index (χ0) is 18.9. The van der Waals surface area contributed by atoms with Crippen LogP contribution in [-0.2, 0) is 14.8 Å². The third-order valence-electron chi connectivity index (χ3n) is 5.34. The molecule has 146 valence electrons. The summed E-state index contributed by atoms with van der Waals surface area (Å²) in [5, 5.41) is 3.65. The van der Waals surface area contributed by atoms with E-state index in [1.807, 2.05) is 0 Å². The van der Waals surface area contributed by atoms with E-state index in [1.54, 1.807) is 10.4 Å². The van der Waals surface area contributed by atoms with Gasteiger partial charge in [-0.15, -0.1) is 0 Å². The van der Waals surface area contributed by atoms with E-state index < -0.39 is 10.0 Å². The van der Waals surface area contributed by atoms with E-state index in [0.717, 1.165) is 0 Å². The molecule has 0 bridgehead atoms. The molecule has 1 aromatic heterocycles. The number of hydrogen-bond acceptors (Lipinski definition) is 6. The largest absolute Gasteiger partial charge is 0.381 e. The van der Waals surface area contributed by atoms with Crippen molar-refractivity contribution in [1.29, 1.82) is 0 Å². The lowest BCUT2D eigenvalue weighted by Gasteiger charge is -2.35. The molecular formula is C18H23FN4O3S. The van der Waals surface area contributed by atoms with Crippen LogP contribution in [0.15, 0.2) is 24.5 Å². The lowest BCUT2D eigenvalue weighted by atomic mass is 10.1. The number of anilines is 1. The van der Waals surface area contributed by atoms with Crippen molar-refractivity contribution >= 4 is 26.7 Å². The van der Waals surface area contributed by atoms with Gasteiger partial charge in [0.05, 0.1) is 10.8 Å². The molecule has 7 nitrogen and oxygen atoms in total. The van der Waals surface area contributed by atoms with Gasteiger partial charge in [-0.2, -0.15) is 0 Å². The van der Waals surface area contributed by atoms with Crippen molar-refractivity contribution in [2.24, 2.45) is 0 Å². The third kappa shape index (κ3) is 3.90. The number of halogens is 1. The third-order valence-corrected chi connectivity index (χ3v) is 7.74. The number of hydrogen-bond donors (Lipinski definition) is 1. The number of rotatable bonds is 4. The van der Waals surface area contributed by atoms with Crippen molar-refractivity contribution in [3.05, 3.63) is 30.3 Å². The summed E-state index contributed by atoms with van der Waals surface area (Å²) in [5.41, 5.74) is 0.674. The highest BCUT2D eigenvalue weighted by Gasteiger charge is 2.35. The average molecular weight is 394 g/mol. The van der Waals surface area contributed by atoms with Crippen LogP contribution in [0.1, 0.15) is 25.7 Å². The molecule has 0 spiro atoms. The number of piperidine rings is 1. The quantitative estimate of drug-likeness (QED) is 0.855. The maximum absolute atomic E-state index is 13.6. The van der Waals surface area contributed by atoms with Gasteiger partial charge < -0.3 is 10.1 Å². The monoisotopic (exact) mass is 394 g/mol. The Hall–Kier alpha value is -1.84. The molecule has 2 saturated heterocycles. The molecule has 0 aliphatic carbocycles. The van der Waals surface area contributed by atoms with E-state index in [9.17, 15) is 12.8 Å². The van der Waals surface area contributed by atoms with Gasteiger partial charge in [0.15, 0.2) is 0 Å². The van der Waals surface area contributed by atoms with E-state index in [-0.39, 0.29) is 17.1 Å². The summed E-state index contributed by atoms with van der Waals surface area (Å²) < 4.78 is 46.1. The Morgan fingerprint density at radius 2 is 1.85 bits per heavy atom. The van der Waals surface area contributed by atoms with Crippen molar-refractivity contribution < 1.29 is 17.5 Å². The number of fused-ring (bicyclic) bond motifs is 1. The van der Waals surface area contributed by atoms with E-state index in [1.165, 1.54) is 18.5 Å². The molecule has 9 heteroatoms. The van der Waals surface area contributed by atoms with Gasteiger partial charge in [-0.1, -0.05) is 0 Å². The molecule has 0 atom stereocenters. The van der Waals surface area contributed by atoms with Crippen molar-refractivity contribution in [3.63, 3.8) is 0 Å². The van der Waals surface area contributed by atoms with Crippen molar-refractivity contribution in [1.82, 2.24) is 14.3 Å². The Kier molecular flexibility index (Phi) is 5.25. The molecule has 3 heterocycles. The zero-order valence-corrected chi connectivity index (χ0v) is 15.8. The van der Waals surface area contributed by atoms with Gasteiger partial charge in [0.1, 0.15) is 18.0 Å². The zero-order valence-electron chi connectivity index (χ0n) is 15.0. The summed E-state index contributed by atoms with van der Waals surface area (Å²) in [4.78, 5) is 8.41. The van der Waals surface area contributed by atoms with Crippen LogP contribution in [0.25, 0.3) is 10.9 Å². The lowest BCUT2D eigenvalue weighted by molar-refractivity contribution is 0.0969. The van der Waals surface area contributed by atoms with Crippen LogP contribution in [0.3, 0.4) is 0 Å². The Balaban J connectivity index is 1.42. The molecule has 1 N–H and O–H groups in total. The topological polar surface area (TPSA) is 84.4 Å². The predicted octanol–water partition coefficient (Wildman–Crippen LogP) is 2.15. The summed E-state index contributed by atoms with van der Waals surface area (Å²) >= 11 is 0. The molecule has 0 saturated carbocycles. The van der Waals surface area contributed by atoms with E-state index >= 15 is 0 Å². The molecule has 27 heavy (non-hydrogen) atoms. The fourth-order valence-corrected chi connectivity index (χ4v) is 5.71. The number of nitrogens with zero attached hydrogens (tertiary/aromatic N) is 3. The highest BCUT2D eigenvalue weighted by Crippen LogP contribution is 2.26. The predicted molar refractivity (Wildman–Crippen MR) is 100 cm³/mol. The molecule has 0 radical (unpaired) electrons. The van der Waals surface area contributed by atoms with Gasteiger partial charge in [0.2, 0.25) is 10.0 Å². The van der Waals surface area contributed by atoms with E-state index in [0.29, 0.717) is 68.7 Å². The fourth-order valence-electron chi connectivity index (χ4n) is 3.78. The minimum Gasteiger partial charge on any atom is -0.381 e. The number of ether oxygens (including phenoxy) is 1. The van der Waals surface area contributed by atoms with Gasteiger partial charge in [-0.25, -0.2) is 27.1 Å². The number of nitrogens with one attached hydrogen (secondary N) is 1. The minimum absolute atomic E-state index is 0.0903. The molecular weight excluding hydrogens is 371 g/mol. The Bertz CT molecular complexity index is 910. The molecule has 2 fully saturated rings. The SMILES string of the molecule is O=S(=O)(C1CCOCC1)N1CCC(Nc2ncnc3ccc(F)cc23)CC1. The number of benzene rings is 1. The van der Waals surface area contributed by atoms with Crippen molar-refractivity contribution in [2.75, 3.05) is 31.6 Å². The van der Waals surface area contributed by atoms with Gasteiger partial charge in [-0.05, 0) is 43.9 Å². The standard InChI is InChI=1S/C18H23FN4O3S/c19-13-1-2-17-16(11-13)18(21-12-20-17)22-14-3-7-23(8-4-14)27(24,25)15-5-9-26-10-6-15/h1-2,11-12,14-15H,3-10H2,(H,20,21,22). The molecule has 4 rings (SSSR count). The van der Waals surface area contributed by atoms with Crippen LogP contribution < -0.4 is 5.32 Å². The van der Waals surface area contributed by atoms with E-state index in [2.05, 4.69) is 15.3 Å². The first-order valence-corrected chi connectivity index (χ1v) is 10.8. The van der Waals surface area contributed by atoms with Crippen LogP contribution in [-0.4, -0.2) is 60.3 Å². The molecule has 0 amide bonds. The van der Waals surface area contributed by atoms with Crippen LogP contribution in [0.5, 0.6) is 0 Å². The second-order valence-corrected chi connectivity index (χ2v) is 9.27. The first-order valence-electron chi connectivity index (χ1n) is 9.27. The second-order valence-electron chi connectivity index (χ2n) is 7.06. The lowest BCUT2D eigenvalue weighted by Crippen LogP contribution is -2.47. The van der Waals surface area contributed by atoms with Crippen LogP contribution >= 0.6 is 0 Å². The number of sulfonamides is 1.